The van der Waals surface area contributed by atoms with Gasteiger partial charge in [-0.1, -0.05) is 40.2 Å². The van der Waals surface area contributed by atoms with Gasteiger partial charge in [0.25, 0.3) is 0 Å². The highest BCUT2D eigenvalue weighted by atomic mass is 79.9. The zero-order valence-electron chi connectivity index (χ0n) is 11.8. The first kappa shape index (κ1) is 15.7. The molecule has 0 saturated carbocycles. The van der Waals surface area contributed by atoms with E-state index in [-0.39, 0.29) is 17.8 Å². The fourth-order valence-electron chi connectivity index (χ4n) is 2.06. The van der Waals surface area contributed by atoms with Crippen molar-refractivity contribution in [2.75, 3.05) is 0 Å². The maximum absolute atomic E-state index is 12.8. The second-order valence-corrected chi connectivity index (χ2v) is 5.88. The van der Waals surface area contributed by atoms with E-state index in [1.54, 1.807) is 12.1 Å². The number of amides is 1. The zero-order valence-corrected chi connectivity index (χ0v) is 13.4. The first-order valence-corrected chi connectivity index (χ1v) is 7.63. The van der Waals surface area contributed by atoms with Gasteiger partial charge < -0.3 is 5.32 Å². The molecule has 0 fully saturated rings. The van der Waals surface area contributed by atoms with Crippen molar-refractivity contribution in [3.63, 3.8) is 0 Å². The molecule has 4 heteroatoms. The maximum atomic E-state index is 12.8. The molecule has 2 aromatic carbocycles. The molecule has 1 atom stereocenters. The van der Waals surface area contributed by atoms with Crippen LogP contribution >= 0.6 is 15.9 Å². The van der Waals surface area contributed by atoms with E-state index in [1.165, 1.54) is 12.1 Å². The second-order valence-electron chi connectivity index (χ2n) is 4.97. The quantitative estimate of drug-likeness (QED) is 0.851. The van der Waals surface area contributed by atoms with Gasteiger partial charge >= 0.3 is 0 Å². The van der Waals surface area contributed by atoms with Crippen molar-refractivity contribution in [1.82, 2.24) is 5.32 Å². The van der Waals surface area contributed by atoms with Crippen LogP contribution in [-0.2, 0) is 11.2 Å². The van der Waals surface area contributed by atoms with Crippen LogP contribution in [0.2, 0.25) is 0 Å². The zero-order chi connectivity index (χ0) is 15.2. The van der Waals surface area contributed by atoms with E-state index >= 15 is 0 Å². The Morgan fingerprint density at radius 2 is 1.76 bits per heavy atom. The number of aryl methyl sites for hydroxylation is 1. The van der Waals surface area contributed by atoms with Crippen LogP contribution in [0.5, 0.6) is 0 Å². The molecule has 2 nitrogen and oxygen atoms in total. The molecule has 2 aromatic rings. The first-order chi connectivity index (χ1) is 10.0. The summed E-state index contributed by atoms with van der Waals surface area (Å²) in [6.45, 7) is 1.96. The molecule has 0 saturated heterocycles. The van der Waals surface area contributed by atoms with Gasteiger partial charge in [0.15, 0.2) is 0 Å². The molecule has 0 bridgehead atoms. The minimum atomic E-state index is -0.257. The number of benzene rings is 2. The number of hydrogen-bond donors (Lipinski definition) is 1. The average Bonchev–Trinajstić information content (AvgIpc) is 2.47. The predicted octanol–water partition coefficient (Wildman–Crippen LogP) is 4.40. The summed E-state index contributed by atoms with van der Waals surface area (Å²) >= 11 is 3.39. The van der Waals surface area contributed by atoms with Crippen molar-refractivity contribution < 1.29 is 9.18 Å². The highest BCUT2D eigenvalue weighted by Gasteiger charge is 2.09. The van der Waals surface area contributed by atoms with Crippen molar-refractivity contribution in [2.45, 2.75) is 25.8 Å². The standard InChI is InChI=1S/C17H17BrFNO/c1-12(14-5-7-15(18)8-6-14)20-17(21)11-4-13-2-9-16(19)10-3-13/h2-3,5-10,12H,4,11H2,1H3,(H,20,21). The lowest BCUT2D eigenvalue weighted by Crippen LogP contribution is -2.26. The summed E-state index contributed by atoms with van der Waals surface area (Å²) < 4.78 is 13.8. The van der Waals surface area contributed by atoms with Crippen molar-refractivity contribution in [3.05, 3.63) is 69.9 Å². The second kappa shape index (κ2) is 7.36. The van der Waals surface area contributed by atoms with E-state index in [9.17, 15) is 9.18 Å². The molecule has 0 heterocycles. The van der Waals surface area contributed by atoms with Crippen LogP contribution in [0.15, 0.2) is 53.0 Å². The van der Waals surface area contributed by atoms with Gasteiger partial charge in [-0.25, -0.2) is 4.39 Å². The SMILES string of the molecule is CC(NC(=O)CCc1ccc(F)cc1)c1ccc(Br)cc1. The highest BCUT2D eigenvalue weighted by Crippen LogP contribution is 2.16. The van der Waals surface area contributed by atoms with Crippen molar-refractivity contribution in [1.29, 1.82) is 0 Å². The van der Waals surface area contributed by atoms with Gasteiger partial charge in [-0.05, 0) is 48.7 Å². The van der Waals surface area contributed by atoms with Gasteiger partial charge in [0.05, 0.1) is 6.04 Å². The summed E-state index contributed by atoms with van der Waals surface area (Å²) in [6, 6.07) is 14.1. The Morgan fingerprint density at radius 3 is 2.38 bits per heavy atom. The van der Waals surface area contributed by atoms with Crippen molar-refractivity contribution in [2.24, 2.45) is 0 Å². The Morgan fingerprint density at radius 1 is 1.14 bits per heavy atom. The van der Waals surface area contributed by atoms with Crippen LogP contribution in [0.3, 0.4) is 0 Å². The van der Waals surface area contributed by atoms with Crippen molar-refractivity contribution in [3.8, 4) is 0 Å². The Labute approximate surface area is 132 Å². The van der Waals surface area contributed by atoms with E-state index in [4.69, 9.17) is 0 Å². The third kappa shape index (κ3) is 4.97. The van der Waals surface area contributed by atoms with Crippen LogP contribution in [0, 0.1) is 5.82 Å². The van der Waals surface area contributed by atoms with E-state index < -0.39 is 0 Å². The number of rotatable bonds is 5. The first-order valence-electron chi connectivity index (χ1n) is 6.84. The molecule has 0 aromatic heterocycles. The Balaban J connectivity index is 1.83. The largest absolute Gasteiger partial charge is 0.350 e. The van der Waals surface area contributed by atoms with Crippen LogP contribution in [0.1, 0.15) is 30.5 Å². The molecule has 0 aliphatic carbocycles. The molecule has 0 spiro atoms. The fourth-order valence-corrected chi connectivity index (χ4v) is 2.32. The Bertz CT molecular complexity index is 595. The molecule has 110 valence electrons. The van der Waals surface area contributed by atoms with Gasteiger partial charge in [0.1, 0.15) is 5.82 Å². The lowest BCUT2D eigenvalue weighted by Gasteiger charge is -2.14. The Kier molecular flexibility index (Phi) is 5.51. The topological polar surface area (TPSA) is 29.1 Å². The van der Waals surface area contributed by atoms with E-state index in [0.29, 0.717) is 12.8 Å². The minimum absolute atomic E-state index is 0.00487. The van der Waals surface area contributed by atoms with E-state index in [1.807, 2.05) is 31.2 Å². The maximum Gasteiger partial charge on any atom is 0.220 e. The van der Waals surface area contributed by atoms with Gasteiger partial charge in [-0.3, -0.25) is 4.79 Å². The summed E-state index contributed by atoms with van der Waals surface area (Å²) in [5, 5.41) is 2.97. The van der Waals surface area contributed by atoms with Gasteiger partial charge in [0.2, 0.25) is 5.91 Å². The molecule has 0 aliphatic rings. The normalized spacial score (nSPS) is 12.0. The molecule has 1 unspecified atom stereocenters. The predicted molar refractivity (Wildman–Crippen MR) is 85.4 cm³/mol. The summed E-state index contributed by atoms with van der Waals surface area (Å²) in [6.07, 6.45) is 1.01. The van der Waals surface area contributed by atoms with Crippen LogP contribution in [-0.4, -0.2) is 5.91 Å². The number of nitrogens with one attached hydrogen (secondary N) is 1. The third-order valence-corrected chi connectivity index (χ3v) is 3.83. The number of hydrogen-bond acceptors (Lipinski definition) is 1. The molecule has 2 rings (SSSR count). The summed E-state index contributed by atoms with van der Waals surface area (Å²) in [5.74, 6) is -0.262. The number of halogens is 2. The van der Waals surface area contributed by atoms with Gasteiger partial charge in [-0.2, -0.15) is 0 Å². The number of carbonyl (C=O) groups is 1. The average molecular weight is 350 g/mol. The minimum Gasteiger partial charge on any atom is -0.350 e. The molecule has 0 radical (unpaired) electrons. The van der Waals surface area contributed by atoms with Gasteiger partial charge in [0, 0.05) is 10.9 Å². The van der Waals surface area contributed by atoms with Crippen LogP contribution in [0.4, 0.5) is 4.39 Å². The molecule has 1 N–H and O–H groups in total. The number of carbonyl (C=O) groups excluding carboxylic acids is 1. The van der Waals surface area contributed by atoms with Crippen LogP contribution in [0.25, 0.3) is 0 Å². The lowest BCUT2D eigenvalue weighted by molar-refractivity contribution is -0.121. The van der Waals surface area contributed by atoms with Gasteiger partial charge in [-0.15, -0.1) is 0 Å². The van der Waals surface area contributed by atoms with Crippen LogP contribution < -0.4 is 5.32 Å². The van der Waals surface area contributed by atoms with E-state index in [2.05, 4.69) is 21.2 Å². The van der Waals surface area contributed by atoms with Crippen molar-refractivity contribution >= 4 is 21.8 Å². The molecule has 21 heavy (non-hydrogen) atoms. The molecule has 0 aliphatic heterocycles. The summed E-state index contributed by atoms with van der Waals surface area (Å²) in [4.78, 5) is 11.9. The third-order valence-electron chi connectivity index (χ3n) is 3.30. The molecule has 1 amide bonds. The smallest absolute Gasteiger partial charge is 0.220 e. The molecular weight excluding hydrogens is 333 g/mol. The highest BCUT2D eigenvalue weighted by molar-refractivity contribution is 9.10. The van der Waals surface area contributed by atoms with E-state index in [0.717, 1.165) is 15.6 Å². The summed E-state index contributed by atoms with van der Waals surface area (Å²) in [5.41, 5.74) is 2.02. The monoisotopic (exact) mass is 349 g/mol. The summed E-state index contributed by atoms with van der Waals surface area (Å²) in [7, 11) is 0. The fraction of sp³-hybridized carbons (Fsp3) is 0.235. The lowest BCUT2D eigenvalue weighted by atomic mass is 10.1. The Hall–Kier alpha value is -1.68. The molecular formula is C17H17BrFNO.